The van der Waals surface area contributed by atoms with Gasteiger partial charge in [-0.3, -0.25) is 9.59 Å². The standard InChI is InChI=1S/C29H29BrFNO4/c1-3-32-21-6-4-8-23(33)27(21)26(28-22(32)7-5-9-24(28)34)18-14-20(30)29(25(15-18)35-2)36-16-17-10-12-19(31)13-11-17/h10-15,26H,3-9,16H2,1-2H3. The second-order valence-corrected chi connectivity index (χ2v) is 10.3. The van der Waals surface area contributed by atoms with Gasteiger partial charge in [-0.25, -0.2) is 4.39 Å². The number of methoxy groups -OCH3 is 1. The van der Waals surface area contributed by atoms with Crippen LogP contribution in [0.5, 0.6) is 11.5 Å². The molecule has 7 heteroatoms. The fraction of sp³-hybridized carbons (Fsp3) is 0.379. The van der Waals surface area contributed by atoms with Crippen LogP contribution >= 0.6 is 15.9 Å². The molecule has 0 spiro atoms. The average Bonchev–Trinajstić information content (AvgIpc) is 2.87. The Bertz CT molecular complexity index is 1240. The van der Waals surface area contributed by atoms with Gasteiger partial charge in [0.25, 0.3) is 0 Å². The molecule has 0 N–H and O–H groups in total. The lowest BCUT2D eigenvalue weighted by Crippen LogP contribution is -2.39. The number of halogens is 2. The molecule has 0 atom stereocenters. The van der Waals surface area contributed by atoms with E-state index in [-0.39, 0.29) is 24.0 Å². The molecule has 3 aliphatic rings. The van der Waals surface area contributed by atoms with Gasteiger partial charge in [0, 0.05) is 47.8 Å². The Morgan fingerprint density at radius 1 is 0.972 bits per heavy atom. The summed E-state index contributed by atoms with van der Waals surface area (Å²) >= 11 is 3.65. The number of Topliss-reactive ketones (excluding diaryl/α,β-unsaturated/α-hetero) is 2. The van der Waals surface area contributed by atoms with Crippen molar-refractivity contribution in [3.05, 3.63) is 80.4 Å². The number of nitrogens with zero attached hydrogens (tertiary/aromatic N) is 1. The zero-order chi connectivity index (χ0) is 25.4. The van der Waals surface area contributed by atoms with Gasteiger partial charge in [-0.05, 0) is 83.9 Å². The number of ketones is 2. The minimum absolute atomic E-state index is 0.122. The van der Waals surface area contributed by atoms with Crippen molar-refractivity contribution in [3.63, 3.8) is 0 Å². The maximum Gasteiger partial charge on any atom is 0.175 e. The second kappa shape index (κ2) is 10.2. The predicted octanol–water partition coefficient (Wildman–Crippen LogP) is 6.61. The van der Waals surface area contributed by atoms with Gasteiger partial charge in [0.1, 0.15) is 12.4 Å². The Morgan fingerprint density at radius 3 is 2.14 bits per heavy atom. The fourth-order valence-corrected chi connectivity index (χ4v) is 6.29. The van der Waals surface area contributed by atoms with Crippen LogP contribution in [0.25, 0.3) is 0 Å². The van der Waals surface area contributed by atoms with Crippen LogP contribution in [-0.2, 0) is 16.2 Å². The molecule has 0 fully saturated rings. The largest absolute Gasteiger partial charge is 0.493 e. The van der Waals surface area contributed by atoms with E-state index in [0.717, 1.165) is 65.9 Å². The van der Waals surface area contributed by atoms with Crippen molar-refractivity contribution >= 4 is 27.5 Å². The minimum atomic E-state index is -0.408. The first-order valence-electron chi connectivity index (χ1n) is 12.5. The van der Waals surface area contributed by atoms with E-state index in [2.05, 4.69) is 27.8 Å². The van der Waals surface area contributed by atoms with Crippen LogP contribution in [0.4, 0.5) is 4.39 Å². The van der Waals surface area contributed by atoms with Crippen molar-refractivity contribution in [2.75, 3.05) is 13.7 Å². The van der Waals surface area contributed by atoms with Crippen LogP contribution in [-0.4, -0.2) is 30.1 Å². The first kappa shape index (κ1) is 24.8. The fourth-order valence-electron chi connectivity index (χ4n) is 5.71. The summed E-state index contributed by atoms with van der Waals surface area (Å²) in [5, 5.41) is 0. The van der Waals surface area contributed by atoms with E-state index >= 15 is 0 Å². The summed E-state index contributed by atoms with van der Waals surface area (Å²) < 4.78 is 25.7. The third kappa shape index (κ3) is 4.38. The van der Waals surface area contributed by atoms with E-state index in [9.17, 15) is 14.0 Å². The van der Waals surface area contributed by atoms with Crippen LogP contribution in [0.1, 0.15) is 62.5 Å². The van der Waals surface area contributed by atoms with Crippen molar-refractivity contribution < 1.29 is 23.5 Å². The van der Waals surface area contributed by atoms with Crippen LogP contribution < -0.4 is 9.47 Å². The summed E-state index contributed by atoms with van der Waals surface area (Å²) in [5.74, 6) is 0.565. The normalized spacial score (nSPS) is 18.4. The van der Waals surface area contributed by atoms with Gasteiger partial charge < -0.3 is 14.4 Å². The summed E-state index contributed by atoms with van der Waals surface area (Å²) in [6.07, 6.45) is 4.35. The van der Waals surface area contributed by atoms with Gasteiger partial charge in [0.05, 0.1) is 11.6 Å². The predicted molar refractivity (Wildman–Crippen MR) is 138 cm³/mol. The van der Waals surface area contributed by atoms with E-state index in [1.807, 2.05) is 12.1 Å². The van der Waals surface area contributed by atoms with Gasteiger partial charge >= 0.3 is 0 Å². The summed E-state index contributed by atoms with van der Waals surface area (Å²) in [5.41, 5.74) is 5.32. The SMILES string of the molecule is CCN1C2=C(C(=O)CCC2)C(c2cc(Br)c(OCc3ccc(F)cc3)c(OC)c2)C2=C1CCCC2=O. The molecule has 0 amide bonds. The number of carbonyl (C=O) groups is 2. The highest BCUT2D eigenvalue weighted by Gasteiger charge is 2.43. The minimum Gasteiger partial charge on any atom is -0.493 e. The van der Waals surface area contributed by atoms with Crippen molar-refractivity contribution in [2.24, 2.45) is 0 Å². The number of benzene rings is 2. The Morgan fingerprint density at radius 2 is 1.58 bits per heavy atom. The van der Waals surface area contributed by atoms with Crippen molar-refractivity contribution in [1.29, 1.82) is 0 Å². The van der Waals surface area contributed by atoms with Gasteiger partial charge in [0.15, 0.2) is 23.1 Å². The molecule has 0 bridgehead atoms. The summed E-state index contributed by atoms with van der Waals surface area (Å²) in [6.45, 7) is 3.07. The maximum absolute atomic E-state index is 13.3. The van der Waals surface area contributed by atoms with Crippen molar-refractivity contribution in [3.8, 4) is 11.5 Å². The Labute approximate surface area is 219 Å². The first-order valence-corrected chi connectivity index (χ1v) is 13.3. The highest BCUT2D eigenvalue weighted by Crippen LogP contribution is 2.51. The van der Waals surface area contributed by atoms with Crippen LogP contribution in [0.15, 0.2) is 63.4 Å². The zero-order valence-electron chi connectivity index (χ0n) is 20.5. The topological polar surface area (TPSA) is 55.8 Å². The number of carbonyl (C=O) groups excluding carboxylic acids is 2. The molecule has 5 nitrogen and oxygen atoms in total. The van der Waals surface area contributed by atoms with E-state index in [4.69, 9.17) is 9.47 Å². The third-order valence-electron chi connectivity index (χ3n) is 7.28. The molecule has 0 aromatic heterocycles. The molecule has 0 unspecified atom stereocenters. The third-order valence-corrected chi connectivity index (χ3v) is 7.87. The summed E-state index contributed by atoms with van der Waals surface area (Å²) in [6, 6.07) is 9.98. The van der Waals surface area contributed by atoms with E-state index in [1.165, 1.54) is 12.1 Å². The molecule has 2 aromatic rings. The molecule has 0 saturated heterocycles. The highest BCUT2D eigenvalue weighted by molar-refractivity contribution is 9.10. The molecule has 1 aliphatic heterocycles. The van der Waals surface area contributed by atoms with E-state index in [1.54, 1.807) is 19.2 Å². The number of rotatable bonds is 6. The lowest BCUT2D eigenvalue weighted by atomic mass is 9.71. The number of hydrogen-bond acceptors (Lipinski definition) is 5. The Hall–Kier alpha value is -2.93. The molecule has 0 radical (unpaired) electrons. The molecule has 188 valence electrons. The van der Waals surface area contributed by atoms with E-state index < -0.39 is 5.92 Å². The van der Waals surface area contributed by atoms with Gasteiger partial charge in [-0.15, -0.1) is 0 Å². The molecular weight excluding hydrogens is 525 g/mol. The smallest absolute Gasteiger partial charge is 0.175 e. The lowest BCUT2D eigenvalue weighted by molar-refractivity contribution is -0.117. The molecule has 5 rings (SSSR count). The quantitative estimate of drug-likeness (QED) is 0.403. The van der Waals surface area contributed by atoms with Crippen LogP contribution in [0, 0.1) is 5.82 Å². The van der Waals surface area contributed by atoms with E-state index in [0.29, 0.717) is 28.8 Å². The summed E-state index contributed by atoms with van der Waals surface area (Å²) in [4.78, 5) is 28.9. The van der Waals surface area contributed by atoms with Crippen molar-refractivity contribution in [2.45, 2.75) is 58.0 Å². The molecule has 2 aliphatic carbocycles. The molecule has 0 saturated carbocycles. The Kier molecular flexibility index (Phi) is 7.02. The van der Waals surface area contributed by atoms with Gasteiger partial charge in [0.2, 0.25) is 0 Å². The average molecular weight is 554 g/mol. The molecule has 2 aromatic carbocycles. The van der Waals surface area contributed by atoms with Gasteiger partial charge in [-0.2, -0.15) is 0 Å². The molecule has 36 heavy (non-hydrogen) atoms. The number of allylic oxidation sites excluding steroid dienone is 4. The zero-order valence-corrected chi connectivity index (χ0v) is 22.1. The lowest BCUT2D eigenvalue weighted by Gasteiger charge is -2.43. The molecule has 1 heterocycles. The van der Waals surface area contributed by atoms with Crippen molar-refractivity contribution in [1.82, 2.24) is 4.90 Å². The monoisotopic (exact) mass is 553 g/mol. The van der Waals surface area contributed by atoms with Crippen LogP contribution in [0.2, 0.25) is 0 Å². The molecular formula is C29H29BrFNO4. The van der Waals surface area contributed by atoms with Gasteiger partial charge in [-0.1, -0.05) is 12.1 Å². The maximum atomic E-state index is 13.3. The summed E-state index contributed by atoms with van der Waals surface area (Å²) in [7, 11) is 1.57. The number of ether oxygens (including phenoxy) is 2. The van der Waals surface area contributed by atoms with Crippen LogP contribution in [0.3, 0.4) is 0 Å². The first-order chi connectivity index (χ1) is 17.4. The second-order valence-electron chi connectivity index (χ2n) is 9.40. The number of hydrogen-bond donors (Lipinski definition) is 0. The highest BCUT2D eigenvalue weighted by atomic mass is 79.9. The Balaban J connectivity index is 1.59.